The molecule has 12 heavy (non-hydrogen) atoms. The molecule has 2 N–H and O–H groups in total. The number of halogens is 1. The van der Waals surface area contributed by atoms with Crippen LogP contribution in [-0.4, -0.2) is 16.0 Å². The van der Waals surface area contributed by atoms with Gasteiger partial charge in [-0.1, -0.05) is 0 Å². The Hall–Kier alpha value is -1.06. The van der Waals surface area contributed by atoms with Gasteiger partial charge in [-0.15, -0.1) is 0 Å². The molecular formula is C8H12FN3. The lowest BCUT2D eigenvalue weighted by molar-refractivity contribution is 0.327. The number of aromatic nitrogens is 2. The molecular weight excluding hydrogens is 157 g/mol. The Labute approximate surface area is 70.4 Å². The van der Waals surface area contributed by atoms with Crippen molar-refractivity contribution in [1.82, 2.24) is 9.78 Å². The molecule has 0 saturated heterocycles. The van der Waals surface area contributed by atoms with Crippen molar-refractivity contribution < 1.29 is 4.39 Å². The van der Waals surface area contributed by atoms with Crippen LogP contribution in [0.5, 0.6) is 0 Å². The standard InChI is InChI=1S/C8H12FN3/c9-6-1-2-7(5-6)12-8(10)3-4-11-12/h3-4,6-7H,1-2,5,10H2. The van der Waals surface area contributed by atoms with Gasteiger partial charge in [-0.3, -0.25) is 0 Å². The number of hydrogen-bond donors (Lipinski definition) is 1. The molecule has 66 valence electrons. The van der Waals surface area contributed by atoms with Crippen LogP contribution in [0.1, 0.15) is 25.3 Å². The van der Waals surface area contributed by atoms with Gasteiger partial charge in [0.15, 0.2) is 0 Å². The molecule has 1 aromatic heterocycles. The Kier molecular flexibility index (Phi) is 1.75. The summed E-state index contributed by atoms with van der Waals surface area (Å²) in [6.07, 6.45) is 3.04. The highest BCUT2D eigenvalue weighted by molar-refractivity contribution is 5.26. The first-order chi connectivity index (χ1) is 5.77. The lowest BCUT2D eigenvalue weighted by Crippen LogP contribution is -2.10. The Morgan fingerprint density at radius 3 is 2.92 bits per heavy atom. The van der Waals surface area contributed by atoms with Crippen molar-refractivity contribution in [2.75, 3.05) is 5.73 Å². The molecule has 1 aromatic rings. The number of hydrogen-bond acceptors (Lipinski definition) is 2. The number of alkyl halides is 1. The molecule has 0 bridgehead atoms. The number of nitrogen functional groups attached to an aromatic ring is 1. The maximum absolute atomic E-state index is 12.8. The molecule has 2 rings (SSSR count). The topological polar surface area (TPSA) is 43.8 Å². The Bertz CT molecular complexity index is 271. The fourth-order valence-electron chi connectivity index (χ4n) is 1.76. The van der Waals surface area contributed by atoms with E-state index in [1.165, 1.54) is 0 Å². The zero-order valence-corrected chi connectivity index (χ0v) is 6.78. The summed E-state index contributed by atoms with van der Waals surface area (Å²) in [6.45, 7) is 0. The van der Waals surface area contributed by atoms with Gasteiger partial charge >= 0.3 is 0 Å². The van der Waals surface area contributed by atoms with E-state index in [0.29, 0.717) is 18.7 Å². The van der Waals surface area contributed by atoms with Crippen LogP contribution in [0.4, 0.5) is 10.2 Å². The summed E-state index contributed by atoms with van der Waals surface area (Å²) < 4.78 is 14.5. The van der Waals surface area contributed by atoms with E-state index in [1.54, 1.807) is 16.9 Å². The third kappa shape index (κ3) is 1.17. The van der Waals surface area contributed by atoms with Crippen molar-refractivity contribution in [2.45, 2.75) is 31.5 Å². The van der Waals surface area contributed by atoms with Gasteiger partial charge in [0.1, 0.15) is 12.0 Å². The van der Waals surface area contributed by atoms with E-state index < -0.39 is 6.17 Å². The first-order valence-electron chi connectivity index (χ1n) is 4.20. The number of rotatable bonds is 1. The highest BCUT2D eigenvalue weighted by atomic mass is 19.1. The highest BCUT2D eigenvalue weighted by Gasteiger charge is 2.26. The van der Waals surface area contributed by atoms with Crippen molar-refractivity contribution in [1.29, 1.82) is 0 Å². The smallest absolute Gasteiger partial charge is 0.121 e. The molecule has 1 saturated carbocycles. The summed E-state index contributed by atoms with van der Waals surface area (Å²) >= 11 is 0. The molecule has 1 aliphatic carbocycles. The van der Waals surface area contributed by atoms with E-state index in [-0.39, 0.29) is 6.04 Å². The van der Waals surface area contributed by atoms with Crippen LogP contribution in [0.3, 0.4) is 0 Å². The number of anilines is 1. The van der Waals surface area contributed by atoms with Crippen LogP contribution >= 0.6 is 0 Å². The van der Waals surface area contributed by atoms with Gasteiger partial charge in [-0.05, 0) is 18.9 Å². The summed E-state index contributed by atoms with van der Waals surface area (Å²) in [5.41, 5.74) is 5.64. The monoisotopic (exact) mass is 169 g/mol. The lowest BCUT2D eigenvalue weighted by Gasteiger charge is -2.10. The SMILES string of the molecule is Nc1ccnn1C1CCC(F)C1. The quantitative estimate of drug-likeness (QED) is 0.692. The Morgan fingerprint density at radius 1 is 1.58 bits per heavy atom. The largest absolute Gasteiger partial charge is 0.384 e. The zero-order valence-electron chi connectivity index (χ0n) is 6.78. The van der Waals surface area contributed by atoms with Gasteiger partial charge < -0.3 is 5.73 Å². The second-order valence-corrected chi connectivity index (χ2v) is 3.26. The second kappa shape index (κ2) is 2.77. The highest BCUT2D eigenvalue weighted by Crippen LogP contribution is 2.32. The van der Waals surface area contributed by atoms with Crippen molar-refractivity contribution in [3.8, 4) is 0 Å². The molecule has 0 amide bonds. The average Bonchev–Trinajstić information content (AvgIpc) is 2.58. The summed E-state index contributed by atoms with van der Waals surface area (Å²) in [4.78, 5) is 0. The second-order valence-electron chi connectivity index (χ2n) is 3.26. The zero-order chi connectivity index (χ0) is 8.55. The van der Waals surface area contributed by atoms with Crippen molar-refractivity contribution in [2.24, 2.45) is 0 Å². The van der Waals surface area contributed by atoms with Crippen molar-refractivity contribution in [3.63, 3.8) is 0 Å². The molecule has 2 unspecified atom stereocenters. The number of nitrogens with two attached hydrogens (primary N) is 1. The van der Waals surface area contributed by atoms with Gasteiger partial charge in [-0.25, -0.2) is 9.07 Å². The molecule has 0 aliphatic heterocycles. The Balaban J connectivity index is 2.16. The summed E-state index contributed by atoms with van der Waals surface area (Å²) in [6, 6.07) is 1.92. The van der Waals surface area contributed by atoms with Gasteiger partial charge in [0.05, 0.1) is 12.2 Å². The molecule has 1 aliphatic rings. The maximum Gasteiger partial charge on any atom is 0.121 e. The molecule has 0 aromatic carbocycles. The van der Waals surface area contributed by atoms with Crippen LogP contribution in [0.15, 0.2) is 12.3 Å². The van der Waals surface area contributed by atoms with Gasteiger partial charge in [0.25, 0.3) is 0 Å². The molecule has 4 heteroatoms. The van der Waals surface area contributed by atoms with Crippen molar-refractivity contribution >= 4 is 5.82 Å². The first-order valence-corrected chi connectivity index (χ1v) is 4.20. The molecule has 2 atom stereocenters. The summed E-state index contributed by atoms with van der Waals surface area (Å²) in [5, 5.41) is 4.06. The number of nitrogens with zero attached hydrogens (tertiary/aromatic N) is 2. The predicted molar refractivity (Wildman–Crippen MR) is 44.4 cm³/mol. The van der Waals surface area contributed by atoms with E-state index in [9.17, 15) is 4.39 Å². The average molecular weight is 169 g/mol. The third-order valence-electron chi connectivity index (χ3n) is 2.39. The van der Waals surface area contributed by atoms with Gasteiger partial charge in [-0.2, -0.15) is 5.10 Å². The van der Waals surface area contributed by atoms with Crippen molar-refractivity contribution in [3.05, 3.63) is 12.3 Å². The van der Waals surface area contributed by atoms with E-state index in [0.717, 1.165) is 6.42 Å². The minimum atomic E-state index is -0.668. The molecule has 3 nitrogen and oxygen atoms in total. The third-order valence-corrected chi connectivity index (χ3v) is 2.39. The predicted octanol–water partition coefficient (Wildman–Crippen LogP) is 1.53. The van der Waals surface area contributed by atoms with E-state index in [1.807, 2.05) is 0 Å². The normalized spacial score (nSPS) is 29.4. The first kappa shape index (κ1) is 7.58. The van der Waals surface area contributed by atoms with Crippen LogP contribution in [0, 0.1) is 0 Å². The fourth-order valence-corrected chi connectivity index (χ4v) is 1.76. The summed E-state index contributed by atoms with van der Waals surface area (Å²) in [5.74, 6) is 0.633. The van der Waals surface area contributed by atoms with Gasteiger partial charge in [0.2, 0.25) is 0 Å². The minimum absolute atomic E-state index is 0.176. The Morgan fingerprint density at radius 2 is 2.42 bits per heavy atom. The van der Waals surface area contributed by atoms with Crippen LogP contribution in [0.25, 0.3) is 0 Å². The maximum atomic E-state index is 12.8. The molecule has 0 spiro atoms. The fraction of sp³-hybridized carbons (Fsp3) is 0.625. The van der Waals surface area contributed by atoms with E-state index >= 15 is 0 Å². The summed E-state index contributed by atoms with van der Waals surface area (Å²) in [7, 11) is 0. The van der Waals surface area contributed by atoms with Crippen LogP contribution in [-0.2, 0) is 0 Å². The molecule has 0 radical (unpaired) electrons. The molecule has 1 heterocycles. The van der Waals surface area contributed by atoms with Crippen LogP contribution < -0.4 is 5.73 Å². The minimum Gasteiger partial charge on any atom is -0.384 e. The van der Waals surface area contributed by atoms with E-state index in [2.05, 4.69) is 5.10 Å². The van der Waals surface area contributed by atoms with Gasteiger partial charge in [0, 0.05) is 6.42 Å². The molecule has 1 fully saturated rings. The van der Waals surface area contributed by atoms with E-state index in [4.69, 9.17) is 5.73 Å². The van der Waals surface area contributed by atoms with Crippen LogP contribution in [0.2, 0.25) is 0 Å². The lowest BCUT2D eigenvalue weighted by atomic mass is 10.2.